The molecular formula is C20H13NO3. The third-order valence-electron chi connectivity index (χ3n) is 3.90. The summed E-state index contributed by atoms with van der Waals surface area (Å²) in [6.45, 7) is 0. The number of aromatic amines is 1. The van der Waals surface area contributed by atoms with Gasteiger partial charge in [0, 0.05) is 16.6 Å². The third-order valence-corrected chi connectivity index (χ3v) is 3.90. The first-order valence-electron chi connectivity index (χ1n) is 7.54. The SMILES string of the molecule is O=c1[nH]c(-c2ccccc2)cc2cc(-c3ccccc3)oc(=O)c12. The van der Waals surface area contributed by atoms with Crippen LogP contribution in [0.15, 0.2) is 86.8 Å². The second-order valence-electron chi connectivity index (χ2n) is 5.47. The van der Waals surface area contributed by atoms with E-state index in [0.29, 0.717) is 16.8 Å². The highest BCUT2D eigenvalue weighted by atomic mass is 16.4. The van der Waals surface area contributed by atoms with E-state index >= 15 is 0 Å². The third kappa shape index (κ3) is 2.44. The van der Waals surface area contributed by atoms with Gasteiger partial charge in [0.1, 0.15) is 11.1 Å². The van der Waals surface area contributed by atoms with E-state index in [-0.39, 0.29) is 5.39 Å². The van der Waals surface area contributed by atoms with Crippen molar-refractivity contribution >= 4 is 10.8 Å². The smallest absolute Gasteiger partial charge is 0.349 e. The molecule has 0 fully saturated rings. The Morgan fingerprint density at radius 2 is 1.38 bits per heavy atom. The number of rotatable bonds is 2. The predicted octanol–water partition coefficient (Wildman–Crippen LogP) is 3.82. The van der Waals surface area contributed by atoms with Crippen molar-refractivity contribution in [3.05, 3.63) is 93.6 Å². The maximum atomic E-state index is 12.3. The molecule has 0 aliphatic heterocycles. The van der Waals surface area contributed by atoms with Gasteiger partial charge in [0.25, 0.3) is 5.56 Å². The molecule has 4 aromatic rings. The van der Waals surface area contributed by atoms with E-state index in [1.807, 2.05) is 60.7 Å². The van der Waals surface area contributed by atoms with Gasteiger partial charge in [-0.1, -0.05) is 60.7 Å². The highest BCUT2D eigenvalue weighted by Crippen LogP contribution is 2.23. The van der Waals surface area contributed by atoms with Gasteiger partial charge in [-0.25, -0.2) is 4.79 Å². The van der Waals surface area contributed by atoms with E-state index in [2.05, 4.69) is 4.98 Å². The highest BCUT2D eigenvalue weighted by Gasteiger charge is 2.11. The van der Waals surface area contributed by atoms with E-state index in [1.54, 1.807) is 12.1 Å². The molecule has 4 rings (SSSR count). The summed E-state index contributed by atoms with van der Waals surface area (Å²) in [5.41, 5.74) is 1.26. The molecule has 1 N–H and O–H groups in total. The minimum atomic E-state index is -0.632. The lowest BCUT2D eigenvalue weighted by Crippen LogP contribution is -2.16. The Kier molecular flexibility index (Phi) is 3.35. The number of aromatic nitrogens is 1. The minimum absolute atomic E-state index is 0.0364. The summed E-state index contributed by atoms with van der Waals surface area (Å²) in [6, 6.07) is 22.4. The first kappa shape index (κ1) is 14.2. The molecule has 2 aromatic carbocycles. The molecule has 0 aliphatic carbocycles. The minimum Gasteiger partial charge on any atom is -0.422 e. The molecule has 0 saturated heterocycles. The van der Waals surface area contributed by atoms with Crippen LogP contribution in [0.3, 0.4) is 0 Å². The average molecular weight is 315 g/mol. The lowest BCUT2D eigenvalue weighted by Gasteiger charge is -2.05. The summed E-state index contributed by atoms with van der Waals surface area (Å²) in [5, 5.41) is 0.599. The van der Waals surface area contributed by atoms with E-state index in [4.69, 9.17) is 4.42 Å². The number of nitrogens with one attached hydrogen (secondary N) is 1. The van der Waals surface area contributed by atoms with Gasteiger partial charge >= 0.3 is 5.63 Å². The van der Waals surface area contributed by atoms with Crippen molar-refractivity contribution in [1.82, 2.24) is 4.98 Å². The van der Waals surface area contributed by atoms with Crippen LogP contribution in [0.2, 0.25) is 0 Å². The molecular weight excluding hydrogens is 302 g/mol. The van der Waals surface area contributed by atoms with Crippen LogP contribution in [-0.4, -0.2) is 4.98 Å². The normalized spacial score (nSPS) is 10.8. The number of hydrogen-bond donors (Lipinski definition) is 1. The van der Waals surface area contributed by atoms with Crippen LogP contribution in [0.25, 0.3) is 33.4 Å². The quantitative estimate of drug-likeness (QED) is 0.611. The number of H-pyrrole nitrogens is 1. The van der Waals surface area contributed by atoms with E-state index in [1.165, 1.54) is 0 Å². The maximum Gasteiger partial charge on any atom is 0.349 e. The molecule has 116 valence electrons. The average Bonchev–Trinajstić information content (AvgIpc) is 2.62. The molecule has 0 amide bonds. The van der Waals surface area contributed by atoms with Crippen LogP contribution in [0, 0.1) is 0 Å². The Hall–Kier alpha value is -3.40. The molecule has 0 spiro atoms. The second-order valence-corrected chi connectivity index (χ2v) is 5.47. The Morgan fingerprint density at radius 3 is 2.04 bits per heavy atom. The summed E-state index contributed by atoms with van der Waals surface area (Å²) in [4.78, 5) is 27.3. The zero-order chi connectivity index (χ0) is 16.5. The molecule has 0 aliphatic rings. The van der Waals surface area contributed by atoms with Crippen molar-refractivity contribution < 1.29 is 4.42 Å². The number of pyridine rings is 1. The van der Waals surface area contributed by atoms with E-state index in [0.717, 1.165) is 11.1 Å². The molecule has 0 radical (unpaired) electrons. The van der Waals surface area contributed by atoms with Gasteiger partial charge < -0.3 is 9.40 Å². The van der Waals surface area contributed by atoms with Gasteiger partial charge in [-0.15, -0.1) is 0 Å². The molecule has 4 heteroatoms. The van der Waals surface area contributed by atoms with Crippen LogP contribution in [0.4, 0.5) is 0 Å². The molecule has 0 atom stereocenters. The number of hydrogen-bond acceptors (Lipinski definition) is 3. The van der Waals surface area contributed by atoms with Gasteiger partial charge in [0.2, 0.25) is 0 Å². The van der Waals surface area contributed by atoms with Crippen LogP contribution in [0.1, 0.15) is 0 Å². The van der Waals surface area contributed by atoms with Crippen LogP contribution < -0.4 is 11.2 Å². The molecule has 2 heterocycles. The molecule has 2 aromatic heterocycles. The van der Waals surface area contributed by atoms with Crippen LogP contribution >= 0.6 is 0 Å². The molecule has 0 saturated carbocycles. The standard InChI is InChI=1S/C20H13NO3/c22-19-18-15(11-16(21-19)13-7-3-1-4-8-13)12-17(24-20(18)23)14-9-5-2-6-10-14/h1-12H,(H,21,22). The predicted molar refractivity (Wildman–Crippen MR) is 94.0 cm³/mol. The lowest BCUT2D eigenvalue weighted by atomic mass is 10.1. The van der Waals surface area contributed by atoms with Gasteiger partial charge in [-0.2, -0.15) is 0 Å². The fourth-order valence-corrected chi connectivity index (χ4v) is 2.74. The second kappa shape index (κ2) is 5.66. The zero-order valence-corrected chi connectivity index (χ0v) is 12.7. The van der Waals surface area contributed by atoms with Gasteiger partial charge in [0.05, 0.1) is 0 Å². The largest absolute Gasteiger partial charge is 0.422 e. The summed E-state index contributed by atoms with van der Waals surface area (Å²) < 4.78 is 5.33. The summed E-state index contributed by atoms with van der Waals surface area (Å²) >= 11 is 0. The molecule has 4 nitrogen and oxygen atoms in total. The Balaban J connectivity index is 1.99. The monoisotopic (exact) mass is 315 g/mol. The van der Waals surface area contributed by atoms with E-state index < -0.39 is 11.2 Å². The first-order valence-corrected chi connectivity index (χ1v) is 7.54. The van der Waals surface area contributed by atoms with E-state index in [9.17, 15) is 9.59 Å². The van der Waals surface area contributed by atoms with Crippen molar-refractivity contribution in [3.8, 4) is 22.6 Å². The summed E-state index contributed by atoms with van der Waals surface area (Å²) in [6.07, 6.45) is 0. The zero-order valence-electron chi connectivity index (χ0n) is 12.7. The Bertz CT molecular complexity index is 1040. The molecule has 0 unspecified atom stereocenters. The van der Waals surface area contributed by atoms with Crippen molar-refractivity contribution in [2.75, 3.05) is 0 Å². The lowest BCUT2D eigenvalue weighted by molar-refractivity contribution is 0.534. The van der Waals surface area contributed by atoms with Crippen molar-refractivity contribution in [1.29, 1.82) is 0 Å². The summed E-state index contributed by atoms with van der Waals surface area (Å²) in [7, 11) is 0. The van der Waals surface area contributed by atoms with Crippen LogP contribution in [-0.2, 0) is 0 Å². The Labute approximate surface area is 137 Å². The fourth-order valence-electron chi connectivity index (χ4n) is 2.74. The van der Waals surface area contributed by atoms with Crippen molar-refractivity contribution in [2.24, 2.45) is 0 Å². The van der Waals surface area contributed by atoms with Crippen molar-refractivity contribution in [3.63, 3.8) is 0 Å². The van der Waals surface area contributed by atoms with Gasteiger partial charge in [0.15, 0.2) is 0 Å². The number of benzene rings is 2. The fraction of sp³-hybridized carbons (Fsp3) is 0. The number of fused-ring (bicyclic) bond motifs is 1. The Morgan fingerprint density at radius 1 is 0.750 bits per heavy atom. The highest BCUT2D eigenvalue weighted by molar-refractivity contribution is 5.86. The van der Waals surface area contributed by atoms with Gasteiger partial charge in [-0.05, 0) is 17.7 Å². The topological polar surface area (TPSA) is 63.1 Å². The van der Waals surface area contributed by atoms with Crippen LogP contribution in [0.5, 0.6) is 0 Å². The first-order chi connectivity index (χ1) is 11.7. The molecule has 0 bridgehead atoms. The summed E-state index contributed by atoms with van der Waals surface area (Å²) in [5.74, 6) is 0.442. The molecule has 24 heavy (non-hydrogen) atoms. The maximum absolute atomic E-state index is 12.3. The van der Waals surface area contributed by atoms with Crippen molar-refractivity contribution in [2.45, 2.75) is 0 Å². The van der Waals surface area contributed by atoms with Gasteiger partial charge in [-0.3, -0.25) is 4.79 Å².